The molecule has 2 aromatic carbocycles. The summed E-state index contributed by atoms with van der Waals surface area (Å²) in [4.78, 5) is 12.1. The molecule has 0 aliphatic rings. The Morgan fingerprint density at radius 1 is 1.08 bits per heavy atom. The monoisotopic (exact) mass is 347 g/mol. The van der Waals surface area contributed by atoms with Gasteiger partial charge in [0.2, 0.25) is 10.0 Å². The van der Waals surface area contributed by atoms with Crippen molar-refractivity contribution in [1.29, 1.82) is 0 Å². The first-order valence-electron chi connectivity index (χ1n) is 7.42. The fourth-order valence-corrected chi connectivity index (χ4v) is 3.17. The molecule has 0 saturated carbocycles. The van der Waals surface area contributed by atoms with Crippen molar-refractivity contribution in [3.8, 4) is 0 Å². The van der Waals surface area contributed by atoms with Crippen molar-refractivity contribution in [2.45, 2.75) is 11.4 Å². The van der Waals surface area contributed by atoms with E-state index in [1.165, 1.54) is 18.4 Å². The number of carbonyl (C=O) groups excluding carboxylic acids is 1. The van der Waals surface area contributed by atoms with Gasteiger partial charge >= 0.3 is 0 Å². The average Bonchev–Trinajstić information content (AvgIpc) is 2.59. The Bertz CT molecular complexity index is 832. The number of amides is 1. The maximum atomic E-state index is 12.2. The second-order valence-corrected chi connectivity index (χ2v) is 7.56. The average molecular weight is 347 g/mol. The number of benzene rings is 2. The number of anilines is 1. The van der Waals surface area contributed by atoms with Crippen LogP contribution < -0.4 is 10.6 Å². The molecule has 24 heavy (non-hydrogen) atoms. The van der Waals surface area contributed by atoms with E-state index >= 15 is 0 Å². The topological polar surface area (TPSA) is 78.5 Å². The van der Waals surface area contributed by atoms with Crippen LogP contribution in [0.1, 0.15) is 15.9 Å². The smallest absolute Gasteiger partial charge is 0.253 e. The normalized spacial score (nSPS) is 11.3. The molecule has 0 bridgehead atoms. The molecule has 0 fully saturated rings. The largest absolute Gasteiger partial charge is 0.380 e. The Morgan fingerprint density at radius 3 is 2.46 bits per heavy atom. The van der Waals surface area contributed by atoms with Gasteiger partial charge in [-0.05, 0) is 29.8 Å². The summed E-state index contributed by atoms with van der Waals surface area (Å²) in [6.45, 7) is 0.408. The molecule has 0 saturated heterocycles. The van der Waals surface area contributed by atoms with Crippen LogP contribution in [0.4, 0.5) is 5.69 Å². The van der Waals surface area contributed by atoms with E-state index < -0.39 is 10.0 Å². The number of hydrogen-bond acceptors (Lipinski definition) is 4. The second-order valence-electron chi connectivity index (χ2n) is 5.41. The van der Waals surface area contributed by atoms with Crippen molar-refractivity contribution in [3.05, 3.63) is 59.7 Å². The van der Waals surface area contributed by atoms with E-state index in [2.05, 4.69) is 10.6 Å². The molecule has 128 valence electrons. The quantitative estimate of drug-likeness (QED) is 0.837. The Balaban J connectivity index is 2.21. The SMILES string of the molecule is CNC(=O)c1ccccc1NCc1cccc(S(=O)(=O)N(C)C)c1. The van der Waals surface area contributed by atoms with Crippen molar-refractivity contribution in [3.63, 3.8) is 0 Å². The molecule has 0 aromatic heterocycles. The lowest BCUT2D eigenvalue weighted by Crippen LogP contribution is -2.22. The number of nitrogens with zero attached hydrogens (tertiary/aromatic N) is 1. The molecule has 0 aliphatic carbocycles. The number of para-hydroxylation sites is 1. The van der Waals surface area contributed by atoms with E-state index in [1.54, 1.807) is 37.4 Å². The Kier molecular flexibility index (Phi) is 5.58. The first kappa shape index (κ1) is 18.0. The predicted octanol–water partition coefficient (Wildman–Crippen LogP) is 1.91. The lowest BCUT2D eigenvalue weighted by molar-refractivity contribution is 0.0964. The van der Waals surface area contributed by atoms with Crippen LogP contribution in [0.15, 0.2) is 53.4 Å². The highest BCUT2D eigenvalue weighted by Crippen LogP contribution is 2.18. The van der Waals surface area contributed by atoms with Crippen LogP contribution in [0.5, 0.6) is 0 Å². The van der Waals surface area contributed by atoms with E-state index in [9.17, 15) is 13.2 Å². The number of hydrogen-bond donors (Lipinski definition) is 2. The van der Waals surface area contributed by atoms with Gasteiger partial charge in [0.15, 0.2) is 0 Å². The summed E-state index contributed by atoms with van der Waals surface area (Å²) < 4.78 is 25.6. The molecule has 0 spiro atoms. The zero-order valence-corrected chi connectivity index (χ0v) is 14.7. The third-order valence-corrected chi connectivity index (χ3v) is 5.37. The van der Waals surface area contributed by atoms with Gasteiger partial charge in [-0.1, -0.05) is 24.3 Å². The fraction of sp³-hybridized carbons (Fsp3) is 0.235. The predicted molar refractivity (Wildman–Crippen MR) is 94.5 cm³/mol. The van der Waals surface area contributed by atoms with Crippen LogP contribution in [0, 0.1) is 0 Å². The molecule has 2 aromatic rings. The zero-order chi connectivity index (χ0) is 17.7. The van der Waals surface area contributed by atoms with Gasteiger partial charge in [-0.2, -0.15) is 0 Å². The van der Waals surface area contributed by atoms with Gasteiger partial charge < -0.3 is 10.6 Å². The molecule has 6 nitrogen and oxygen atoms in total. The van der Waals surface area contributed by atoms with Gasteiger partial charge in [-0.3, -0.25) is 4.79 Å². The van der Waals surface area contributed by atoms with Gasteiger partial charge in [0, 0.05) is 33.4 Å². The van der Waals surface area contributed by atoms with E-state index in [-0.39, 0.29) is 10.8 Å². The first-order chi connectivity index (χ1) is 11.4. The standard InChI is InChI=1S/C17H21N3O3S/c1-18-17(21)15-9-4-5-10-16(15)19-12-13-7-6-8-14(11-13)24(22,23)20(2)3/h4-11,19H,12H2,1-3H3,(H,18,21). The van der Waals surface area contributed by atoms with E-state index in [0.29, 0.717) is 17.8 Å². The summed E-state index contributed by atoms with van der Waals surface area (Å²) in [6.07, 6.45) is 0. The third-order valence-electron chi connectivity index (χ3n) is 3.56. The number of nitrogens with one attached hydrogen (secondary N) is 2. The highest BCUT2D eigenvalue weighted by atomic mass is 32.2. The van der Waals surface area contributed by atoms with Crippen LogP contribution in [0.2, 0.25) is 0 Å². The highest BCUT2D eigenvalue weighted by Gasteiger charge is 2.17. The second kappa shape index (κ2) is 7.46. The molecule has 0 heterocycles. The molecule has 0 atom stereocenters. The summed E-state index contributed by atoms with van der Waals surface area (Å²) >= 11 is 0. The Labute approximate surface area is 142 Å². The zero-order valence-electron chi connectivity index (χ0n) is 13.9. The van der Waals surface area contributed by atoms with Crippen LogP contribution in [-0.2, 0) is 16.6 Å². The summed E-state index contributed by atoms with van der Waals surface area (Å²) in [7, 11) is 1.11. The third kappa shape index (κ3) is 3.93. The van der Waals surface area contributed by atoms with E-state index in [0.717, 1.165) is 5.56 Å². The molecular formula is C17H21N3O3S. The minimum atomic E-state index is -3.47. The maximum Gasteiger partial charge on any atom is 0.253 e. The van der Waals surface area contributed by atoms with E-state index in [1.807, 2.05) is 18.2 Å². The fourth-order valence-electron chi connectivity index (χ4n) is 2.19. The minimum absolute atomic E-state index is 0.179. The minimum Gasteiger partial charge on any atom is -0.380 e. The lowest BCUT2D eigenvalue weighted by atomic mass is 10.1. The van der Waals surface area contributed by atoms with Crippen LogP contribution >= 0.6 is 0 Å². The van der Waals surface area contributed by atoms with Gasteiger partial charge in [0.1, 0.15) is 0 Å². The molecule has 2 N–H and O–H groups in total. The molecule has 0 radical (unpaired) electrons. The molecule has 2 rings (SSSR count). The van der Waals surface area contributed by atoms with Crippen molar-refractivity contribution < 1.29 is 13.2 Å². The molecule has 0 unspecified atom stereocenters. The van der Waals surface area contributed by atoms with Crippen LogP contribution in [-0.4, -0.2) is 39.8 Å². The van der Waals surface area contributed by atoms with Crippen molar-refractivity contribution >= 4 is 21.6 Å². The number of carbonyl (C=O) groups is 1. The number of rotatable bonds is 6. The molecular weight excluding hydrogens is 326 g/mol. The summed E-state index contributed by atoms with van der Waals surface area (Å²) in [5.74, 6) is -0.179. The van der Waals surface area contributed by atoms with Crippen molar-refractivity contribution in [2.24, 2.45) is 0 Å². The van der Waals surface area contributed by atoms with E-state index in [4.69, 9.17) is 0 Å². The van der Waals surface area contributed by atoms with Crippen molar-refractivity contribution in [2.75, 3.05) is 26.5 Å². The summed E-state index contributed by atoms with van der Waals surface area (Å²) in [6, 6.07) is 13.9. The van der Waals surface area contributed by atoms with Gasteiger partial charge in [-0.25, -0.2) is 12.7 Å². The summed E-state index contributed by atoms with van der Waals surface area (Å²) in [5.41, 5.74) is 2.04. The van der Waals surface area contributed by atoms with Gasteiger partial charge in [0.05, 0.1) is 10.5 Å². The number of sulfonamides is 1. The molecule has 0 aliphatic heterocycles. The highest BCUT2D eigenvalue weighted by molar-refractivity contribution is 7.89. The van der Waals surface area contributed by atoms with Crippen molar-refractivity contribution in [1.82, 2.24) is 9.62 Å². The Morgan fingerprint density at radius 2 is 1.79 bits per heavy atom. The first-order valence-corrected chi connectivity index (χ1v) is 8.86. The molecule has 1 amide bonds. The maximum absolute atomic E-state index is 12.2. The van der Waals surface area contributed by atoms with Gasteiger partial charge in [-0.15, -0.1) is 0 Å². The molecule has 7 heteroatoms. The van der Waals surface area contributed by atoms with Gasteiger partial charge in [0.25, 0.3) is 5.91 Å². The van der Waals surface area contributed by atoms with Crippen LogP contribution in [0.25, 0.3) is 0 Å². The Hall–Kier alpha value is -2.38. The summed E-state index contributed by atoms with van der Waals surface area (Å²) in [5, 5.41) is 5.78. The lowest BCUT2D eigenvalue weighted by Gasteiger charge is -2.14. The van der Waals surface area contributed by atoms with Crippen LogP contribution in [0.3, 0.4) is 0 Å².